The van der Waals surface area contributed by atoms with Crippen LogP contribution in [-0.2, 0) is 4.79 Å². The fourth-order valence-corrected chi connectivity index (χ4v) is 3.09. The lowest BCUT2D eigenvalue weighted by Crippen LogP contribution is -2.14. The molecule has 1 amide bonds. The van der Waals surface area contributed by atoms with Crippen molar-refractivity contribution in [2.45, 2.75) is 32.6 Å². The Balaban J connectivity index is 1.86. The molecule has 3 rings (SSSR count). The van der Waals surface area contributed by atoms with Crippen molar-refractivity contribution in [2.75, 3.05) is 0 Å². The number of ether oxygens (including phenoxy) is 1. The third-order valence-electron chi connectivity index (χ3n) is 4.65. The Morgan fingerprint density at radius 3 is 2.24 bits per heavy atom. The number of nitrogens with zero attached hydrogens (tertiary/aromatic N) is 1. The average molecular weight is 388 g/mol. The summed E-state index contributed by atoms with van der Waals surface area (Å²) in [6, 6.07) is 19.4. The zero-order valence-electron chi connectivity index (χ0n) is 16.4. The smallest absolute Gasteiger partial charge is 0.312 e. The molecule has 2 aromatic carbocycles. The standard InChI is InChI=1S/C24H24N2O3/c1-2-3-5-10-23(27)29-22-15-20(21(16-26-22)24(25)28)19-13-11-18(12-14-19)17-8-6-4-7-9-17/h4,6-9,11-16H,2-3,5,10H2,1H3,(H2,25,28). The van der Waals surface area contributed by atoms with Crippen LogP contribution in [0.2, 0.25) is 0 Å². The summed E-state index contributed by atoms with van der Waals surface area (Å²) >= 11 is 0. The second-order valence-corrected chi connectivity index (χ2v) is 6.81. The molecule has 29 heavy (non-hydrogen) atoms. The van der Waals surface area contributed by atoms with Crippen LogP contribution in [0.5, 0.6) is 5.88 Å². The highest BCUT2D eigenvalue weighted by atomic mass is 16.5. The molecule has 0 unspecified atom stereocenters. The van der Waals surface area contributed by atoms with E-state index in [4.69, 9.17) is 10.5 Å². The zero-order chi connectivity index (χ0) is 20.6. The van der Waals surface area contributed by atoms with Crippen LogP contribution in [0.15, 0.2) is 66.9 Å². The van der Waals surface area contributed by atoms with Gasteiger partial charge in [0.15, 0.2) is 0 Å². The van der Waals surface area contributed by atoms with Crippen LogP contribution in [-0.4, -0.2) is 16.9 Å². The predicted molar refractivity (Wildman–Crippen MR) is 113 cm³/mol. The van der Waals surface area contributed by atoms with Crippen LogP contribution in [0.3, 0.4) is 0 Å². The van der Waals surface area contributed by atoms with Crippen molar-refractivity contribution >= 4 is 11.9 Å². The molecule has 3 aromatic rings. The fourth-order valence-electron chi connectivity index (χ4n) is 3.09. The number of carbonyl (C=O) groups is 2. The largest absolute Gasteiger partial charge is 0.407 e. The lowest BCUT2D eigenvalue weighted by Gasteiger charge is -2.10. The maximum absolute atomic E-state index is 12.0. The van der Waals surface area contributed by atoms with E-state index in [1.165, 1.54) is 6.20 Å². The van der Waals surface area contributed by atoms with Crippen LogP contribution < -0.4 is 10.5 Å². The van der Waals surface area contributed by atoms with Gasteiger partial charge in [-0.1, -0.05) is 74.4 Å². The second-order valence-electron chi connectivity index (χ2n) is 6.81. The molecule has 5 nitrogen and oxygen atoms in total. The lowest BCUT2D eigenvalue weighted by molar-refractivity contribution is -0.134. The van der Waals surface area contributed by atoms with Crippen molar-refractivity contribution in [3.63, 3.8) is 0 Å². The maximum atomic E-state index is 12.0. The van der Waals surface area contributed by atoms with Crippen molar-refractivity contribution in [3.8, 4) is 28.1 Å². The molecular weight excluding hydrogens is 364 g/mol. The summed E-state index contributed by atoms with van der Waals surface area (Å²) in [5, 5.41) is 0. The van der Waals surface area contributed by atoms with E-state index in [2.05, 4.69) is 11.9 Å². The summed E-state index contributed by atoms with van der Waals surface area (Å²) in [7, 11) is 0. The molecule has 0 radical (unpaired) electrons. The van der Waals surface area contributed by atoms with Gasteiger partial charge in [0.05, 0.1) is 5.56 Å². The minimum absolute atomic E-state index is 0.165. The molecule has 2 N–H and O–H groups in total. The summed E-state index contributed by atoms with van der Waals surface area (Å²) in [6.45, 7) is 2.07. The Morgan fingerprint density at radius 2 is 1.59 bits per heavy atom. The van der Waals surface area contributed by atoms with Crippen molar-refractivity contribution < 1.29 is 14.3 Å². The highest BCUT2D eigenvalue weighted by molar-refractivity contribution is 5.99. The molecule has 0 spiro atoms. The van der Waals surface area contributed by atoms with E-state index in [-0.39, 0.29) is 17.4 Å². The highest BCUT2D eigenvalue weighted by Crippen LogP contribution is 2.29. The van der Waals surface area contributed by atoms with E-state index in [0.717, 1.165) is 36.0 Å². The molecule has 0 saturated heterocycles. The van der Waals surface area contributed by atoms with Gasteiger partial charge in [0, 0.05) is 24.2 Å². The third kappa shape index (κ3) is 5.29. The van der Waals surface area contributed by atoms with Gasteiger partial charge in [-0.25, -0.2) is 4.98 Å². The number of amides is 1. The number of pyridine rings is 1. The van der Waals surface area contributed by atoms with Crippen LogP contribution >= 0.6 is 0 Å². The number of carbonyl (C=O) groups excluding carboxylic acids is 2. The first-order valence-electron chi connectivity index (χ1n) is 9.75. The molecule has 0 aliphatic heterocycles. The van der Waals surface area contributed by atoms with E-state index < -0.39 is 5.91 Å². The molecule has 0 aliphatic rings. The predicted octanol–water partition coefficient (Wildman–Crippen LogP) is 5.00. The second kappa shape index (κ2) is 9.64. The van der Waals surface area contributed by atoms with Gasteiger partial charge in [-0.2, -0.15) is 0 Å². The van der Waals surface area contributed by atoms with Gasteiger partial charge in [0.1, 0.15) is 0 Å². The lowest BCUT2D eigenvalue weighted by atomic mass is 9.98. The van der Waals surface area contributed by atoms with Crippen LogP contribution in [0.4, 0.5) is 0 Å². The zero-order valence-corrected chi connectivity index (χ0v) is 16.4. The highest BCUT2D eigenvalue weighted by Gasteiger charge is 2.15. The number of aromatic nitrogens is 1. The summed E-state index contributed by atoms with van der Waals surface area (Å²) in [6.07, 6.45) is 4.48. The van der Waals surface area contributed by atoms with Crippen molar-refractivity contribution in [2.24, 2.45) is 5.73 Å². The average Bonchev–Trinajstić information content (AvgIpc) is 2.74. The van der Waals surface area contributed by atoms with Crippen molar-refractivity contribution in [1.29, 1.82) is 0 Å². The molecular formula is C24H24N2O3. The number of nitrogens with two attached hydrogens (primary N) is 1. The third-order valence-corrected chi connectivity index (χ3v) is 4.65. The van der Waals surface area contributed by atoms with E-state index in [1.807, 2.05) is 54.6 Å². The molecule has 148 valence electrons. The quantitative estimate of drug-likeness (QED) is 0.435. The number of primary amides is 1. The molecule has 0 saturated carbocycles. The Bertz CT molecular complexity index is 983. The van der Waals surface area contributed by atoms with E-state index >= 15 is 0 Å². The Labute approximate surface area is 170 Å². The van der Waals surface area contributed by atoms with Gasteiger partial charge in [-0.05, 0) is 23.1 Å². The van der Waals surface area contributed by atoms with Crippen LogP contribution in [0.25, 0.3) is 22.3 Å². The summed E-state index contributed by atoms with van der Waals surface area (Å²) < 4.78 is 5.35. The number of esters is 1. The van der Waals surface area contributed by atoms with E-state index in [1.54, 1.807) is 6.07 Å². The Hall–Kier alpha value is -3.47. The molecule has 0 aliphatic carbocycles. The van der Waals surface area contributed by atoms with Gasteiger partial charge in [0.2, 0.25) is 5.88 Å². The van der Waals surface area contributed by atoms with Gasteiger partial charge < -0.3 is 10.5 Å². The summed E-state index contributed by atoms with van der Waals surface area (Å²) in [4.78, 5) is 27.9. The number of unbranched alkanes of at least 4 members (excludes halogenated alkanes) is 2. The molecule has 0 atom stereocenters. The van der Waals surface area contributed by atoms with Gasteiger partial charge in [-0.15, -0.1) is 0 Å². The number of hydrogen-bond acceptors (Lipinski definition) is 4. The molecule has 5 heteroatoms. The topological polar surface area (TPSA) is 82.3 Å². The molecule has 1 heterocycles. The van der Waals surface area contributed by atoms with Crippen molar-refractivity contribution in [3.05, 3.63) is 72.4 Å². The first-order valence-corrected chi connectivity index (χ1v) is 9.75. The van der Waals surface area contributed by atoms with Crippen molar-refractivity contribution in [1.82, 2.24) is 4.98 Å². The first kappa shape index (κ1) is 20.3. The van der Waals surface area contributed by atoms with Crippen LogP contribution in [0.1, 0.15) is 43.0 Å². The SMILES string of the molecule is CCCCCC(=O)Oc1cc(-c2ccc(-c3ccccc3)cc2)c(C(N)=O)cn1. The Kier molecular flexibility index (Phi) is 6.74. The molecule has 1 aromatic heterocycles. The molecule has 0 bridgehead atoms. The minimum Gasteiger partial charge on any atom is -0.407 e. The summed E-state index contributed by atoms with van der Waals surface area (Å²) in [5.41, 5.74) is 9.35. The number of hydrogen-bond donors (Lipinski definition) is 1. The van der Waals surface area contributed by atoms with Gasteiger partial charge in [-0.3, -0.25) is 9.59 Å². The van der Waals surface area contributed by atoms with Crippen LogP contribution in [0, 0.1) is 0 Å². The van der Waals surface area contributed by atoms with Gasteiger partial charge in [0.25, 0.3) is 5.91 Å². The van der Waals surface area contributed by atoms with Gasteiger partial charge >= 0.3 is 5.97 Å². The van der Waals surface area contributed by atoms with E-state index in [0.29, 0.717) is 12.0 Å². The Morgan fingerprint density at radius 1 is 0.931 bits per heavy atom. The molecule has 0 fully saturated rings. The normalized spacial score (nSPS) is 10.5. The number of benzene rings is 2. The minimum atomic E-state index is -0.583. The fraction of sp³-hybridized carbons (Fsp3) is 0.208. The summed E-state index contributed by atoms with van der Waals surface area (Å²) in [5.74, 6) is -0.748. The monoisotopic (exact) mass is 388 g/mol. The number of rotatable bonds is 8. The maximum Gasteiger partial charge on any atom is 0.312 e. The van der Waals surface area contributed by atoms with E-state index in [9.17, 15) is 9.59 Å². The first-order chi connectivity index (χ1) is 14.1.